The van der Waals surface area contributed by atoms with Gasteiger partial charge in [-0.3, -0.25) is 0 Å². The molecule has 1 aromatic heterocycles. The highest BCUT2D eigenvalue weighted by Gasteiger charge is 2.01. The van der Waals surface area contributed by atoms with Crippen molar-refractivity contribution < 1.29 is 4.74 Å². The van der Waals surface area contributed by atoms with E-state index in [9.17, 15) is 0 Å². The summed E-state index contributed by atoms with van der Waals surface area (Å²) >= 11 is 0. The van der Waals surface area contributed by atoms with Crippen molar-refractivity contribution in [3.63, 3.8) is 0 Å². The van der Waals surface area contributed by atoms with Crippen molar-refractivity contribution in [2.75, 3.05) is 13.2 Å². The summed E-state index contributed by atoms with van der Waals surface area (Å²) in [5.74, 6) is 0.699. The standard InChI is InChI=1S/C13H26N4O/c1-11(2)5-7-18-8-6-17-10-13(15-16-17)9-14-12(3)4/h10-12,14H,5-9H2,1-4H3. The number of hydrogen-bond donors (Lipinski definition) is 1. The molecule has 0 aromatic carbocycles. The van der Waals surface area contributed by atoms with Crippen molar-refractivity contribution in [3.05, 3.63) is 11.9 Å². The number of nitrogens with one attached hydrogen (secondary N) is 1. The SMILES string of the molecule is CC(C)CCOCCn1cc(CNC(C)C)nn1. The van der Waals surface area contributed by atoms with Crippen LogP contribution in [-0.4, -0.2) is 34.2 Å². The first-order valence-electron chi connectivity index (χ1n) is 6.78. The normalized spacial score (nSPS) is 11.7. The Labute approximate surface area is 110 Å². The predicted molar refractivity (Wildman–Crippen MR) is 72.3 cm³/mol. The highest BCUT2D eigenvalue weighted by Crippen LogP contribution is 1.99. The average molecular weight is 254 g/mol. The van der Waals surface area contributed by atoms with Gasteiger partial charge in [0.2, 0.25) is 0 Å². The molecule has 1 aromatic rings. The van der Waals surface area contributed by atoms with Gasteiger partial charge in [-0.25, -0.2) is 4.68 Å². The van der Waals surface area contributed by atoms with Gasteiger partial charge in [0.05, 0.1) is 18.8 Å². The second kappa shape index (κ2) is 8.21. The van der Waals surface area contributed by atoms with E-state index in [1.54, 1.807) is 0 Å². The molecule has 0 bridgehead atoms. The van der Waals surface area contributed by atoms with E-state index >= 15 is 0 Å². The van der Waals surface area contributed by atoms with Gasteiger partial charge in [0.15, 0.2) is 0 Å². The van der Waals surface area contributed by atoms with Gasteiger partial charge in [-0.2, -0.15) is 0 Å². The molecule has 0 radical (unpaired) electrons. The van der Waals surface area contributed by atoms with Crippen LogP contribution in [0.15, 0.2) is 6.20 Å². The topological polar surface area (TPSA) is 52.0 Å². The van der Waals surface area contributed by atoms with Crippen LogP contribution in [0.25, 0.3) is 0 Å². The Bertz CT molecular complexity index is 323. The maximum absolute atomic E-state index is 5.55. The summed E-state index contributed by atoms with van der Waals surface area (Å²) < 4.78 is 7.39. The van der Waals surface area contributed by atoms with E-state index < -0.39 is 0 Å². The Morgan fingerprint density at radius 1 is 1.28 bits per heavy atom. The van der Waals surface area contributed by atoms with Crippen LogP contribution >= 0.6 is 0 Å². The first-order chi connectivity index (χ1) is 8.58. The number of hydrogen-bond acceptors (Lipinski definition) is 4. The van der Waals surface area contributed by atoms with Crippen LogP contribution in [0.4, 0.5) is 0 Å². The molecule has 5 heteroatoms. The van der Waals surface area contributed by atoms with E-state index in [1.165, 1.54) is 0 Å². The quantitative estimate of drug-likeness (QED) is 0.683. The van der Waals surface area contributed by atoms with Gasteiger partial charge in [0, 0.05) is 25.4 Å². The van der Waals surface area contributed by atoms with Gasteiger partial charge in [-0.15, -0.1) is 5.10 Å². The van der Waals surface area contributed by atoms with Gasteiger partial charge < -0.3 is 10.1 Å². The second-order valence-corrected chi connectivity index (χ2v) is 5.30. The summed E-state index contributed by atoms with van der Waals surface area (Å²) in [6.45, 7) is 11.7. The van der Waals surface area contributed by atoms with Gasteiger partial charge in [0.25, 0.3) is 0 Å². The molecule has 1 rings (SSSR count). The van der Waals surface area contributed by atoms with Crippen LogP contribution in [0, 0.1) is 5.92 Å². The van der Waals surface area contributed by atoms with Gasteiger partial charge in [-0.05, 0) is 12.3 Å². The Hall–Kier alpha value is -0.940. The van der Waals surface area contributed by atoms with Crippen molar-refractivity contribution in [1.82, 2.24) is 20.3 Å². The number of aromatic nitrogens is 3. The largest absolute Gasteiger partial charge is 0.380 e. The lowest BCUT2D eigenvalue weighted by molar-refractivity contribution is 0.113. The molecule has 0 aliphatic carbocycles. The monoisotopic (exact) mass is 254 g/mol. The molecule has 0 saturated carbocycles. The fraction of sp³-hybridized carbons (Fsp3) is 0.846. The minimum Gasteiger partial charge on any atom is -0.380 e. The van der Waals surface area contributed by atoms with Crippen LogP contribution in [0.3, 0.4) is 0 Å². The maximum atomic E-state index is 5.55. The zero-order chi connectivity index (χ0) is 13.4. The van der Waals surface area contributed by atoms with Crippen LogP contribution in [0.1, 0.15) is 39.8 Å². The van der Waals surface area contributed by atoms with Crippen molar-refractivity contribution in [3.8, 4) is 0 Å². The summed E-state index contributed by atoms with van der Waals surface area (Å²) in [6, 6.07) is 0.467. The second-order valence-electron chi connectivity index (χ2n) is 5.30. The van der Waals surface area contributed by atoms with E-state index in [4.69, 9.17) is 4.74 Å². The third-order valence-corrected chi connectivity index (χ3v) is 2.58. The molecule has 0 aliphatic heterocycles. The molecule has 1 heterocycles. The molecule has 0 unspecified atom stereocenters. The Morgan fingerprint density at radius 3 is 2.72 bits per heavy atom. The highest BCUT2D eigenvalue weighted by atomic mass is 16.5. The van der Waals surface area contributed by atoms with Crippen molar-refractivity contribution >= 4 is 0 Å². The molecular weight excluding hydrogens is 228 g/mol. The first-order valence-corrected chi connectivity index (χ1v) is 6.78. The van der Waals surface area contributed by atoms with E-state index in [2.05, 4.69) is 43.3 Å². The van der Waals surface area contributed by atoms with Crippen LogP contribution in [0.2, 0.25) is 0 Å². The van der Waals surface area contributed by atoms with E-state index in [1.807, 2.05) is 10.9 Å². The lowest BCUT2D eigenvalue weighted by Gasteiger charge is -2.06. The molecular formula is C13H26N4O. The van der Waals surface area contributed by atoms with Crippen LogP contribution in [-0.2, 0) is 17.8 Å². The molecule has 0 aliphatic rings. The lowest BCUT2D eigenvalue weighted by atomic mass is 10.1. The zero-order valence-electron chi connectivity index (χ0n) is 12.0. The summed E-state index contributed by atoms with van der Waals surface area (Å²) in [4.78, 5) is 0. The van der Waals surface area contributed by atoms with Crippen molar-refractivity contribution in [1.29, 1.82) is 0 Å². The average Bonchev–Trinajstić information content (AvgIpc) is 2.73. The van der Waals surface area contributed by atoms with Crippen LogP contribution < -0.4 is 5.32 Å². The molecule has 5 nitrogen and oxygen atoms in total. The lowest BCUT2D eigenvalue weighted by Crippen LogP contribution is -2.21. The highest BCUT2D eigenvalue weighted by molar-refractivity contribution is 4.91. The Morgan fingerprint density at radius 2 is 2.06 bits per heavy atom. The predicted octanol–water partition coefficient (Wildman–Crippen LogP) is 1.84. The van der Waals surface area contributed by atoms with Gasteiger partial charge in [-0.1, -0.05) is 32.9 Å². The first kappa shape index (κ1) is 15.1. The fourth-order valence-corrected chi connectivity index (χ4v) is 1.42. The zero-order valence-corrected chi connectivity index (χ0v) is 12.0. The molecule has 18 heavy (non-hydrogen) atoms. The maximum Gasteiger partial charge on any atom is 0.0964 e. The fourth-order valence-electron chi connectivity index (χ4n) is 1.42. The Balaban J connectivity index is 2.15. The smallest absolute Gasteiger partial charge is 0.0964 e. The molecule has 0 amide bonds. The van der Waals surface area contributed by atoms with E-state index in [0.717, 1.165) is 31.8 Å². The third kappa shape index (κ3) is 6.71. The molecule has 1 N–H and O–H groups in total. The molecule has 0 spiro atoms. The summed E-state index contributed by atoms with van der Waals surface area (Å²) in [5, 5.41) is 11.5. The van der Waals surface area contributed by atoms with Crippen molar-refractivity contribution in [2.24, 2.45) is 5.92 Å². The summed E-state index contributed by atoms with van der Waals surface area (Å²) in [5.41, 5.74) is 0.978. The van der Waals surface area contributed by atoms with Crippen molar-refractivity contribution in [2.45, 2.75) is 53.2 Å². The minimum absolute atomic E-state index is 0.467. The molecule has 0 atom stereocenters. The summed E-state index contributed by atoms with van der Waals surface area (Å²) in [6.07, 6.45) is 3.09. The number of rotatable bonds is 9. The van der Waals surface area contributed by atoms with E-state index in [0.29, 0.717) is 18.6 Å². The van der Waals surface area contributed by atoms with Gasteiger partial charge in [0.1, 0.15) is 0 Å². The van der Waals surface area contributed by atoms with E-state index in [-0.39, 0.29) is 0 Å². The number of nitrogens with zero attached hydrogens (tertiary/aromatic N) is 3. The third-order valence-electron chi connectivity index (χ3n) is 2.58. The molecule has 0 fully saturated rings. The van der Waals surface area contributed by atoms with Crippen LogP contribution in [0.5, 0.6) is 0 Å². The van der Waals surface area contributed by atoms with Gasteiger partial charge >= 0.3 is 0 Å². The minimum atomic E-state index is 0.467. The molecule has 0 saturated heterocycles. The number of ether oxygens (including phenoxy) is 1. The summed E-state index contributed by atoms with van der Waals surface area (Å²) in [7, 11) is 0. The Kier molecular flexibility index (Phi) is 6.90. The molecule has 104 valence electrons.